The summed E-state index contributed by atoms with van der Waals surface area (Å²) in [6.45, 7) is -0.207. The molecule has 9 nitrogen and oxygen atoms in total. The normalized spacial score (nSPS) is 14.2. The molecule has 0 atom stereocenters. The van der Waals surface area contributed by atoms with Gasteiger partial charge in [0, 0.05) is 13.1 Å². The average molecular weight is 268 g/mol. The fraction of sp³-hybridized carbons (Fsp3) is 0.500. The Morgan fingerprint density at radius 2 is 2.26 bits per heavy atom. The number of carbonyl (C=O) groups is 2. The first-order valence-electron chi connectivity index (χ1n) is 5.61. The third-order valence-corrected chi connectivity index (χ3v) is 2.93. The van der Waals surface area contributed by atoms with Gasteiger partial charge in [0.1, 0.15) is 12.7 Å². The maximum atomic E-state index is 11.8. The molecule has 1 heterocycles. The molecule has 0 aliphatic heterocycles. The first kappa shape index (κ1) is 13.0. The van der Waals surface area contributed by atoms with E-state index in [-0.39, 0.29) is 18.5 Å². The number of hydrogen-bond acceptors (Lipinski definition) is 5. The van der Waals surface area contributed by atoms with Crippen molar-refractivity contribution >= 4 is 17.6 Å². The second-order valence-electron chi connectivity index (χ2n) is 4.36. The molecule has 2 rings (SSSR count). The molecule has 1 saturated carbocycles. The molecule has 1 aromatic heterocycles. The summed E-state index contributed by atoms with van der Waals surface area (Å²) in [6, 6.07) is 0.219. The van der Waals surface area contributed by atoms with Gasteiger partial charge in [-0.25, -0.2) is 4.79 Å². The smallest absolute Gasteiger partial charge is 0.363 e. The van der Waals surface area contributed by atoms with Gasteiger partial charge >= 0.3 is 11.7 Å². The van der Waals surface area contributed by atoms with Crippen LogP contribution in [0.25, 0.3) is 0 Å². The SMILES string of the molecule is CN(C(=O)Cn1cc([N+](=O)[O-])c(C(=O)O)n1)C1CC1. The van der Waals surface area contributed by atoms with Gasteiger partial charge in [0.05, 0.1) is 4.92 Å². The Bertz CT molecular complexity index is 517. The van der Waals surface area contributed by atoms with Crippen LogP contribution in [0.1, 0.15) is 23.3 Å². The zero-order chi connectivity index (χ0) is 14.2. The van der Waals surface area contributed by atoms with Crippen molar-refractivity contribution in [2.45, 2.75) is 25.4 Å². The summed E-state index contributed by atoms with van der Waals surface area (Å²) in [5.74, 6) is -1.75. The fourth-order valence-corrected chi connectivity index (χ4v) is 1.69. The fourth-order valence-electron chi connectivity index (χ4n) is 1.69. The van der Waals surface area contributed by atoms with Crippen LogP contribution in [0.4, 0.5) is 5.69 Å². The monoisotopic (exact) mass is 268 g/mol. The van der Waals surface area contributed by atoms with Crippen LogP contribution < -0.4 is 0 Å². The van der Waals surface area contributed by atoms with E-state index in [1.165, 1.54) is 0 Å². The van der Waals surface area contributed by atoms with Crippen molar-refractivity contribution in [2.75, 3.05) is 7.05 Å². The van der Waals surface area contributed by atoms with E-state index in [9.17, 15) is 19.7 Å². The van der Waals surface area contributed by atoms with Crippen LogP contribution in [0.15, 0.2) is 6.20 Å². The van der Waals surface area contributed by atoms with Crippen molar-refractivity contribution in [2.24, 2.45) is 0 Å². The molecule has 1 aliphatic carbocycles. The largest absolute Gasteiger partial charge is 0.476 e. The lowest BCUT2D eigenvalue weighted by atomic mass is 10.4. The van der Waals surface area contributed by atoms with E-state index in [1.54, 1.807) is 11.9 Å². The molecule has 1 aromatic rings. The number of aromatic carboxylic acids is 1. The molecule has 1 amide bonds. The predicted octanol–water partition coefficient (Wildman–Crippen LogP) is 0.110. The lowest BCUT2D eigenvalue weighted by Gasteiger charge is -2.15. The first-order valence-corrected chi connectivity index (χ1v) is 5.61. The highest BCUT2D eigenvalue weighted by molar-refractivity contribution is 5.90. The van der Waals surface area contributed by atoms with Gasteiger partial charge in [-0.2, -0.15) is 5.10 Å². The lowest BCUT2D eigenvalue weighted by molar-refractivity contribution is -0.385. The predicted molar refractivity (Wildman–Crippen MR) is 61.6 cm³/mol. The van der Waals surface area contributed by atoms with Crippen molar-refractivity contribution in [1.82, 2.24) is 14.7 Å². The minimum absolute atomic E-state index is 0.207. The molecule has 0 radical (unpaired) electrons. The summed E-state index contributed by atoms with van der Waals surface area (Å²) in [5, 5.41) is 23.0. The number of nitro groups is 1. The number of carbonyl (C=O) groups excluding carboxylic acids is 1. The van der Waals surface area contributed by atoms with Gasteiger partial charge in [0.15, 0.2) is 0 Å². The number of nitrogens with zero attached hydrogens (tertiary/aromatic N) is 4. The zero-order valence-electron chi connectivity index (χ0n) is 10.1. The number of carboxylic acid groups (broad SMARTS) is 1. The van der Waals surface area contributed by atoms with Crippen molar-refractivity contribution in [3.05, 3.63) is 22.0 Å². The van der Waals surface area contributed by atoms with Crippen LogP contribution in [0.2, 0.25) is 0 Å². The van der Waals surface area contributed by atoms with Crippen molar-refractivity contribution in [3.8, 4) is 0 Å². The molecule has 102 valence electrons. The molecule has 1 fully saturated rings. The Hall–Kier alpha value is -2.45. The van der Waals surface area contributed by atoms with Gasteiger partial charge in [0.25, 0.3) is 0 Å². The zero-order valence-corrected chi connectivity index (χ0v) is 10.1. The lowest BCUT2D eigenvalue weighted by Crippen LogP contribution is -2.32. The summed E-state index contributed by atoms with van der Waals surface area (Å²) in [5.41, 5.74) is -1.28. The minimum atomic E-state index is -1.49. The number of rotatable bonds is 5. The maximum absolute atomic E-state index is 11.8. The van der Waals surface area contributed by atoms with Gasteiger partial charge in [-0.15, -0.1) is 0 Å². The highest BCUT2D eigenvalue weighted by atomic mass is 16.6. The summed E-state index contributed by atoms with van der Waals surface area (Å²) in [4.78, 5) is 34.0. The van der Waals surface area contributed by atoms with E-state index in [0.717, 1.165) is 23.7 Å². The number of carboxylic acids is 1. The molecular formula is C10H12N4O5. The van der Waals surface area contributed by atoms with E-state index in [0.29, 0.717) is 0 Å². The number of hydrogen-bond donors (Lipinski definition) is 1. The van der Waals surface area contributed by atoms with Gasteiger partial charge in [-0.1, -0.05) is 0 Å². The van der Waals surface area contributed by atoms with Gasteiger partial charge in [-0.3, -0.25) is 19.6 Å². The summed E-state index contributed by atoms with van der Waals surface area (Å²) in [6.07, 6.45) is 2.85. The molecular weight excluding hydrogens is 256 g/mol. The minimum Gasteiger partial charge on any atom is -0.476 e. The Morgan fingerprint density at radius 1 is 1.63 bits per heavy atom. The van der Waals surface area contributed by atoms with E-state index in [1.807, 2.05) is 0 Å². The van der Waals surface area contributed by atoms with Crippen LogP contribution in [-0.4, -0.2) is 49.7 Å². The van der Waals surface area contributed by atoms with E-state index >= 15 is 0 Å². The molecule has 9 heteroatoms. The summed E-state index contributed by atoms with van der Waals surface area (Å²) >= 11 is 0. The van der Waals surface area contributed by atoms with E-state index in [2.05, 4.69) is 5.10 Å². The number of aromatic nitrogens is 2. The maximum Gasteiger partial charge on any atom is 0.363 e. The third kappa shape index (κ3) is 2.69. The molecule has 0 unspecified atom stereocenters. The topological polar surface area (TPSA) is 119 Å². The van der Waals surface area contributed by atoms with E-state index < -0.39 is 22.3 Å². The van der Waals surface area contributed by atoms with E-state index in [4.69, 9.17) is 5.11 Å². The van der Waals surface area contributed by atoms with Crippen LogP contribution in [0.3, 0.4) is 0 Å². The standard InChI is InChI=1S/C10H12N4O5/c1-12(6-2-3-6)8(15)5-13-4-7(14(18)19)9(11-13)10(16)17/h4,6H,2-3,5H2,1H3,(H,16,17). The van der Waals surface area contributed by atoms with Crippen LogP contribution in [0.5, 0.6) is 0 Å². The summed E-state index contributed by atoms with van der Waals surface area (Å²) < 4.78 is 0.989. The van der Waals surface area contributed by atoms with Crippen LogP contribution in [0, 0.1) is 10.1 Å². The molecule has 0 aromatic carbocycles. The number of likely N-dealkylation sites (N-methyl/N-ethyl adjacent to an activating group) is 1. The highest BCUT2D eigenvalue weighted by Crippen LogP contribution is 2.25. The molecule has 19 heavy (non-hydrogen) atoms. The third-order valence-electron chi connectivity index (χ3n) is 2.93. The summed E-state index contributed by atoms with van der Waals surface area (Å²) in [7, 11) is 1.65. The highest BCUT2D eigenvalue weighted by Gasteiger charge is 2.31. The molecule has 1 aliphatic rings. The van der Waals surface area contributed by atoms with Crippen molar-refractivity contribution in [1.29, 1.82) is 0 Å². The molecule has 0 bridgehead atoms. The van der Waals surface area contributed by atoms with Gasteiger partial charge in [0.2, 0.25) is 11.6 Å². The first-order chi connectivity index (χ1) is 8.90. The second-order valence-corrected chi connectivity index (χ2v) is 4.36. The van der Waals surface area contributed by atoms with Crippen LogP contribution in [-0.2, 0) is 11.3 Å². The van der Waals surface area contributed by atoms with Crippen LogP contribution >= 0.6 is 0 Å². The molecule has 0 spiro atoms. The Morgan fingerprint density at radius 3 is 2.68 bits per heavy atom. The number of amides is 1. The Kier molecular flexibility index (Phi) is 3.19. The quantitative estimate of drug-likeness (QED) is 0.598. The van der Waals surface area contributed by atoms with Crippen molar-refractivity contribution < 1.29 is 19.6 Å². The van der Waals surface area contributed by atoms with Gasteiger partial charge in [-0.05, 0) is 12.8 Å². The Labute approximate surface area is 107 Å². The molecule has 0 saturated heterocycles. The second kappa shape index (κ2) is 4.67. The van der Waals surface area contributed by atoms with Gasteiger partial charge < -0.3 is 10.0 Å². The van der Waals surface area contributed by atoms with Crippen molar-refractivity contribution in [3.63, 3.8) is 0 Å². The Balaban J connectivity index is 2.16. The average Bonchev–Trinajstić information content (AvgIpc) is 3.08. The molecule has 1 N–H and O–H groups in total.